The molecule has 0 saturated heterocycles. The van der Waals surface area contributed by atoms with Crippen LogP contribution in [-0.2, 0) is 12.2 Å². The van der Waals surface area contributed by atoms with Crippen molar-refractivity contribution in [1.82, 2.24) is 9.97 Å². The molecule has 1 aromatic heterocycles. The van der Waals surface area contributed by atoms with E-state index in [9.17, 15) is 0 Å². The normalized spacial score (nSPS) is 10.7. The Morgan fingerprint density at radius 1 is 1.27 bits per heavy atom. The van der Waals surface area contributed by atoms with E-state index in [0.717, 1.165) is 35.0 Å². The van der Waals surface area contributed by atoms with E-state index in [1.807, 2.05) is 18.7 Å². The summed E-state index contributed by atoms with van der Waals surface area (Å²) in [6.45, 7) is 6.25. The average molecular weight is 245 g/mol. The van der Waals surface area contributed by atoms with Gasteiger partial charge in [0.1, 0.15) is 11.0 Å². The molecule has 0 spiro atoms. The fourth-order valence-corrected chi connectivity index (χ4v) is 2.50. The molecular formula is C11H17ClN2S. The number of nitrogens with zero attached hydrogens (tertiary/aromatic N) is 2. The highest BCUT2D eigenvalue weighted by atomic mass is 35.5. The van der Waals surface area contributed by atoms with Crippen molar-refractivity contribution in [3.8, 4) is 0 Å². The van der Waals surface area contributed by atoms with Gasteiger partial charge in [0.2, 0.25) is 0 Å². The van der Waals surface area contributed by atoms with E-state index in [2.05, 4.69) is 23.8 Å². The third-order valence-corrected chi connectivity index (χ3v) is 3.61. The lowest BCUT2D eigenvalue weighted by molar-refractivity contribution is 0.937. The molecule has 0 atom stereocenters. The molecule has 0 aliphatic heterocycles. The van der Waals surface area contributed by atoms with Crippen molar-refractivity contribution in [2.75, 3.05) is 5.75 Å². The molecule has 0 radical (unpaired) electrons. The van der Waals surface area contributed by atoms with Crippen LogP contribution >= 0.6 is 23.4 Å². The summed E-state index contributed by atoms with van der Waals surface area (Å²) in [4.78, 5) is 8.77. The second-order valence-corrected chi connectivity index (χ2v) is 4.86. The molecule has 1 rings (SSSR count). The smallest absolute Gasteiger partial charge is 0.140 e. The Balaban J connectivity index is 2.75. The van der Waals surface area contributed by atoms with Gasteiger partial charge in [0.25, 0.3) is 0 Å². The molecule has 0 saturated carbocycles. The van der Waals surface area contributed by atoms with Gasteiger partial charge in [0.15, 0.2) is 0 Å². The predicted molar refractivity (Wildman–Crippen MR) is 67.6 cm³/mol. The van der Waals surface area contributed by atoms with Gasteiger partial charge in [-0.15, -0.1) is 0 Å². The minimum atomic E-state index is 0.622. The lowest BCUT2D eigenvalue weighted by Crippen LogP contribution is -2.01. The minimum Gasteiger partial charge on any atom is -0.237 e. The molecule has 2 nitrogen and oxygen atoms in total. The first-order valence-corrected chi connectivity index (χ1v) is 6.81. The molecule has 84 valence electrons. The maximum absolute atomic E-state index is 6.09. The molecule has 4 heteroatoms. The molecular weight excluding hydrogens is 228 g/mol. The van der Waals surface area contributed by atoms with Crippen molar-refractivity contribution in [2.24, 2.45) is 0 Å². The van der Waals surface area contributed by atoms with E-state index in [0.29, 0.717) is 5.15 Å². The summed E-state index contributed by atoms with van der Waals surface area (Å²) in [6.07, 6.45) is 2.08. The molecule has 15 heavy (non-hydrogen) atoms. The van der Waals surface area contributed by atoms with Crippen molar-refractivity contribution in [3.63, 3.8) is 0 Å². The SMILES string of the molecule is CCCSCc1nc(C)c(CC)c(Cl)n1. The van der Waals surface area contributed by atoms with Gasteiger partial charge in [-0.3, -0.25) is 0 Å². The highest BCUT2D eigenvalue weighted by Crippen LogP contribution is 2.19. The number of rotatable bonds is 5. The van der Waals surface area contributed by atoms with Crippen LogP contribution in [0.15, 0.2) is 0 Å². The van der Waals surface area contributed by atoms with Gasteiger partial charge >= 0.3 is 0 Å². The monoisotopic (exact) mass is 244 g/mol. The van der Waals surface area contributed by atoms with E-state index in [1.165, 1.54) is 6.42 Å². The first-order chi connectivity index (χ1) is 7.19. The van der Waals surface area contributed by atoms with Gasteiger partial charge in [-0.05, 0) is 25.5 Å². The van der Waals surface area contributed by atoms with Gasteiger partial charge in [-0.2, -0.15) is 11.8 Å². The van der Waals surface area contributed by atoms with E-state index >= 15 is 0 Å². The second kappa shape index (κ2) is 6.33. The van der Waals surface area contributed by atoms with Gasteiger partial charge in [-0.1, -0.05) is 25.4 Å². The molecule has 0 N–H and O–H groups in total. The molecule has 0 unspecified atom stereocenters. The van der Waals surface area contributed by atoms with Crippen LogP contribution in [0.4, 0.5) is 0 Å². The van der Waals surface area contributed by atoms with Crippen molar-refractivity contribution < 1.29 is 0 Å². The highest BCUT2D eigenvalue weighted by Gasteiger charge is 2.07. The quantitative estimate of drug-likeness (QED) is 0.584. The zero-order valence-corrected chi connectivity index (χ0v) is 11.1. The van der Waals surface area contributed by atoms with E-state index in [-0.39, 0.29) is 0 Å². The Hall–Kier alpha value is -0.280. The number of halogens is 1. The van der Waals surface area contributed by atoms with Gasteiger partial charge in [0, 0.05) is 11.3 Å². The standard InChI is InChI=1S/C11H17ClN2S/c1-4-6-15-7-10-13-8(3)9(5-2)11(12)14-10/h4-7H2,1-3H3. The number of hydrogen-bond donors (Lipinski definition) is 0. The summed E-state index contributed by atoms with van der Waals surface area (Å²) in [5.41, 5.74) is 2.09. The summed E-state index contributed by atoms with van der Waals surface area (Å²) >= 11 is 7.94. The molecule has 0 aliphatic carbocycles. The summed E-state index contributed by atoms with van der Waals surface area (Å²) in [6, 6.07) is 0. The van der Waals surface area contributed by atoms with Crippen LogP contribution < -0.4 is 0 Å². The molecule has 1 heterocycles. The maximum atomic E-state index is 6.09. The Labute approximate surface area is 101 Å². The van der Waals surface area contributed by atoms with E-state index < -0.39 is 0 Å². The summed E-state index contributed by atoms with van der Waals surface area (Å²) in [5.74, 6) is 2.86. The average Bonchev–Trinajstić information content (AvgIpc) is 2.18. The number of aryl methyl sites for hydroxylation is 1. The molecule has 0 aromatic carbocycles. The summed E-state index contributed by atoms with van der Waals surface area (Å²) in [5, 5.41) is 0.622. The third-order valence-electron chi connectivity index (χ3n) is 2.14. The maximum Gasteiger partial charge on any atom is 0.140 e. The molecule has 0 amide bonds. The molecule has 0 aliphatic rings. The van der Waals surface area contributed by atoms with Gasteiger partial charge < -0.3 is 0 Å². The van der Waals surface area contributed by atoms with E-state index in [4.69, 9.17) is 11.6 Å². The third kappa shape index (κ3) is 3.65. The van der Waals surface area contributed by atoms with Crippen LogP contribution in [0.2, 0.25) is 5.15 Å². The van der Waals surface area contributed by atoms with Crippen molar-refractivity contribution in [3.05, 3.63) is 22.2 Å². The lowest BCUT2D eigenvalue weighted by atomic mass is 10.2. The van der Waals surface area contributed by atoms with Crippen LogP contribution in [0.1, 0.15) is 37.4 Å². The first-order valence-electron chi connectivity index (χ1n) is 5.28. The zero-order valence-electron chi connectivity index (χ0n) is 9.51. The Bertz CT molecular complexity index is 305. The first kappa shape index (κ1) is 12.8. The Morgan fingerprint density at radius 3 is 2.53 bits per heavy atom. The molecule has 0 fully saturated rings. The Morgan fingerprint density at radius 2 is 2.00 bits per heavy atom. The van der Waals surface area contributed by atoms with Crippen LogP contribution in [0, 0.1) is 6.92 Å². The van der Waals surface area contributed by atoms with Crippen LogP contribution in [0.5, 0.6) is 0 Å². The van der Waals surface area contributed by atoms with Crippen LogP contribution in [0.25, 0.3) is 0 Å². The highest BCUT2D eigenvalue weighted by molar-refractivity contribution is 7.98. The van der Waals surface area contributed by atoms with Gasteiger partial charge in [-0.25, -0.2) is 9.97 Å². The largest absolute Gasteiger partial charge is 0.237 e. The lowest BCUT2D eigenvalue weighted by Gasteiger charge is -2.07. The Kier molecular flexibility index (Phi) is 5.40. The number of aromatic nitrogens is 2. The van der Waals surface area contributed by atoms with Crippen LogP contribution in [-0.4, -0.2) is 15.7 Å². The van der Waals surface area contributed by atoms with E-state index in [1.54, 1.807) is 0 Å². The minimum absolute atomic E-state index is 0.622. The van der Waals surface area contributed by atoms with Crippen molar-refractivity contribution >= 4 is 23.4 Å². The zero-order chi connectivity index (χ0) is 11.3. The van der Waals surface area contributed by atoms with Gasteiger partial charge in [0.05, 0.1) is 5.75 Å². The fourth-order valence-electron chi connectivity index (χ4n) is 1.39. The van der Waals surface area contributed by atoms with Crippen LogP contribution in [0.3, 0.4) is 0 Å². The topological polar surface area (TPSA) is 25.8 Å². The fraction of sp³-hybridized carbons (Fsp3) is 0.636. The van der Waals surface area contributed by atoms with Crippen molar-refractivity contribution in [1.29, 1.82) is 0 Å². The van der Waals surface area contributed by atoms with Crippen molar-refractivity contribution in [2.45, 2.75) is 39.4 Å². The number of hydrogen-bond acceptors (Lipinski definition) is 3. The predicted octanol–water partition coefficient (Wildman–Crippen LogP) is 3.64. The second-order valence-electron chi connectivity index (χ2n) is 3.40. The summed E-state index contributed by atoms with van der Waals surface area (Å²) in [7, 11) is 0. The molecule has 0 bridgehead atoms. The number of thioether (sulfide) groups is 1. The summed E-state index contributed by atoms with van der Waals surface area (Å²) < 4.78 is 0. The molecule has 1 aromatic rings.